The summed E-state index contributed by atoms with van der Waals surface area (Å²) in [7, 11) is 3.60. The molecule has 1 aromatic rings. The van der Waals surface area contributed by atoms with E-state index in [0.29, 0.717) is 6.04 Å². The van der Waals surface area contributed by atoms with Gasteiger partial charge in [-0.3, -0.25) is 4.99 Å². The van der Waals surface area contributed by atoms with Gasteiger partial charge in [-0.2, -0.15) is 0 Å². The molecule has 0 bridgehead atoms. The lowest BCUT2D eigenvalue weighted by Gasteiger charge is -2.33. The smallest absolute Gasteiger partial charge is 0.191 e. The summed E-state index contributed by atoms with van der Waals surface area (Å²) in [6.07, 6.45) is 3.43. The van der Waals surface area contributed by atoms with Crippen molar-refractivity contribution in [2.75, 3.05) is 40.4 Å². The van der Waals surface area contributed by atoms with Crippen molar-refractivity contribution in [1.82, 2.24) is 20.5 Å². The van der Waals surface area contributed by atoms with Gasteiger partial charge in [0, 0.05) is 51.3 Å². The first-order valence-corrected chi connectivity index (χ1v) is 9.55. The first-order valence-electron chi connectivity index (χ1n) is 8.73. The number of halogens is 1. The summed E-state index contributed by atoms with van der Waals surface area (Å²) in [5, 5.41) is 8.10. The zero-order valence-corrected chi connectivity index (χ0v) is 18.9. The van der Waals surface area contributed by atoms with Gasteiger partial charge < -0.3 is 20.3 Å². The number of hydrogen-bond donors (Lipinski definition) is 2. The van der Waals surface area contributed by atoms with E-state index >= 15 is 0 Å². The number of aliphatic imine (C=N–C) groups is 1. The van der Waals surface area contributed by atoms with Gasteiger partial charge in [-0.05, 0) is 33.1 Å². The molecule has 1 aromatic heterocycles. The molecule has 8 heteroatoms. The highest BCUT2D eigenvalue weighted by atomic mass is 127. The molecule has 6 nitrogen and oxygen atoms in total. The first kappa shape index (κ1) is 22.6. The molecule has 1 aliphatic heterocycles. The summed E-state index contributed by atoms with van der Waals surface area (Å²) in [6.45, 7) is 9.18. The van der Waals surface area contributed by atoms with E-state index in [0.717, 1.165) is 68.7 Å². The molecule has 0 radical (unpaired) electrons. The molecule has 2 heterocycles. The van der Waals surface area contributed by atoms with Gasteiger partial charge in [0.1, 0.15) is 0 Å². The van der Waals surface area contributed by atoms with Crippen molar-refractivity contribution in [3.8, 4) is 0 Å². The highest BCUT2D eigenvalue weighted by molar-refractivity contribution is 14.0. The summed E-state index contributed by atoms with van der Waals surface area (Å²) in [5.41, 5.74) is 1.12. The minimum Gasteiger partial charge on any atom is -0.385 e. The number of aryl methyl sites for hydroxylation is 2. The Kier molecular flexibility index (Phi) is 10.9. The second-order valence-electron chi connectivity index (χ2n) is 6.27. The average Bonchev–Trinajstić information content (AvgIpc) is 2.90. The van der Waals surface area contributed by atoms with E-state index in [1.54, 1.807) is 18.4 Å². The van der Waals surface area contributed by atoms with E-state index < -0.39 is 0 Å². The van der Waals surface area contributed by atoms with Crippen molar-refractivity contribution in [3.63, 3.8) is 0 Å². The molecule has 0 saturated carbocycles. The molecule has 0 unspecified atom stereocenters. The molecule has 1 saturated heterocycles. The van der Waals surface area contributed by atoms with Crippen LogP contribution >= 0.6 is 35.3 Å². The average molecular weight is 481 g/mol. The molecule has 1 aliphatic rings. The molecular weight excluding hydrogens is 449 g/mol. The van der Waals surface area contributed by atoms with Crippen LogP contribution in [0.4, 0.5) is 0 Å². The van der Waals surface area contributed by atoms with Gasteiger partial charge in [0.15, 0.2) is 5.96 Å². The Hall–Kier alpha value is -0.450. The number of piperidine rings is 1. The third-order valence-corrected chi connectivity index (χ3v) is 5.46. The molecule has 0 atom stereocenters. The van der Waals surface area contributed by atoms with E-state index in [2.05, 4.69) is 39.4 Å². The zero-order chi connectivity index (χ0) is 17.4. The van der Waals surface area contributed by atoms with E-state index in [1.807, 2.05) is 7.05 Å². The van der Waals surface area contributed by atoms with Crippen molar-refractivity contribution in [2.24, 2.45) is 4.99 Å². The fraction of sp³-hybridized carbons (Fsp3) is 0.765. The van der Waals surface area contributed by atoms with Crippen molar-refractivity contribution in [1.29, 1.82) is 0 Å². The fourth-order valence-electron chi connectivity index (χ4n) is 3.02. The summed E-state index contributed by atoms with van der Waals surface area (Å²) >= 11 is 1.75. The molecule has 2 rings (SSSR count). The summed E-state index contributed by atoms with van der Waals surface area (Å²) in [6, 6.07) is 0.499. The maximum atomic E-state index is 5.13. The normalized spacial score (nSPS) is 16.6. The number of thiazole rings is 1. The Morgan fingerprint density at radius 1 is 1.36 bits per heavy atom. The number of ether oxygens (including phenoxy) is 1. The van der Waals surface area contributed by atoms with Crippen molar-refractivity contribution in [3.05, 3.63) is 15.6 Å². The highest BCUT2D eigenvalue weighted by Gasteiger charge is 2.19. The number of nitrogens with zero attached hydrogens (tertiary/aromatic N) is 3. The molecule has 0 spiro atoms. The molecule has 1 fully saturated rings. The third kappa shape index (κ3) is 7.76. The van der Waals surface area contributed by atoms with Gasteiger partial charge in [0.05, 0.1) is 17.2 Å². The minimum atomic E-state index is 0. The lowest BCUT2D eigenvalue weighted by atomic mass is 10.1. The molecule has 0 aromatic carbocycles. The van der Waals surface area contributed by atoms with Gasteiger partial charge in [-0.15, -0.1) is 35.3 Å². The van der Waals surface area contributed by atoms with Crippen LogP contribution in [-0.2, 0) is 11.3 Å². The summed E-state index contributed by atoms with van der Waals surface area (Å²) in [4.78, 5) is 12.6. The van der Waals surface area contributed by atoms with E-state index in [1.165, 1.54) is 4.88 Å². The SMILES string of the molecule is CN=C(NCc1sc(C)nc1C)NC1CCN(CCCOC)CC1.I. The lowest BCUT2D eigenvalue weighted by molar-refractivity contribution is 0.155. The quantitative estimate of drug-likeness (QED) is 0.271. The molecule has 0 aliphatic carbocycles. The van der Waals surface area contributed by atoms with Crippen LogP contribution in [0.3, 0.4) is 0 Å². The van der Waals surface area contributed by atoms with E-state index in [4.69, 9.17) is 4.74 Å². The Labute approximate surface area is 172 Å². The van der Waals surface area contributed by atoms with Crippen LogP contribution in [0.2, 0.25) is 0 Å². The van der Waals surface area contributed by atoms with Gasteiger partial charge in [0.25, 0.3) is 0 Å². The summed E-state index contributed by atoms with van der Waals surface area (Å²) < 4.78 is 5.13. The molecule has 0 amide bonds. The van der Waals surface area contributed by atoms with E-state index in [9.17, 15) is 0 Å². The monoisotopic (exact) mass is 481 g/mol. The Balaban J connectivity index is 0.00000312. The summed E-state index contributed by atoms with van der Waals surface area (Å²) in [5.74, 6) is 0.887. The Bertz CT molecular complexity index is 529. The van der Waals surface area contributed by atoms with Crippen LogP contribution in [0, 0.1) is 13.8 Å². The number of nitrogens with one attached hydrogen (secondary N) is 2. The maximum Gasteiger partial charge on any atom is 0.191 e. The number of rotatable bonds is 7. The minimum absolute atomic E-state index is 0. The van der Waals surface area contributed by atoms with E-state index in [-0.39, 0.29) is 24.0 Å². The van der Waals surface area contributed by atoms with Gasteiger partial charge in [-0.25, -0.2) is 4.98 Å². The van der Waals surface area contributed by atoms with Crippen LogP contribution in [0.25, 0.3) is 0 Å². The second kappa shape index (κ2) is 12.0. The molecule has 25 heavy (non-hydrogen) atoms. The van der Waals surface area contributed by atoms with Gasteiger partial charge >= 0.3 is 0 Å². The van der Waals surface area contributed by atoms with Crippen molar-refractivity contribution < 1.29 is 4.74 Å². The Morgan fingerprint density at radius 3 is 2.64 bits per heavy atom. The van der Waals surface area contributed by atoms with Gasteiger partial charge in [-0.1, -0.05) is 0 Å². The van der Waals surface area contributed by atoms with Crippen LogP contribution in [-0.4, -0.2) is 62.3 Å². The molecule has 2 N–H and O–H groups in total. The van der Waals surface area contributed by atoms with Crippen molar-refractivity contribution in [2.45, 2.75) is 45.7 Å². The van der Waals surface area contributed by atoms with Crippen LogP contribution in [0.1, 0.15) is 34.8 Å². The first-order chi connectivity index (χ1) is 11.6. The third-order valence-electron chi connectivity index (χ3n) is 4.39. The van der Waals surface area contributed by atoms with Crippen LogP contribution in [0.5, 0.6) is 0 Å². The number of hydrogen-bond acceptors (Lipinski definition) is 5. The van der Waals surface area contributed by atoms with Crippen LogP contribution in [0.15, 0.2) is 4.99 Å². The van der Waals surface area contributed by atoms with Crippen molar-refractivity contribution >= 4 is 41.3 Å². The number of aromatic nitrogens is 1. The largest absolute Gasteiger partial charge is 0.385 e. The second-order valence-corrected chi connectivity index (χ2v) is 7.56. The topological polar surface area (TPSA) is 61.8 Å². The van der Waals surface area contributed by atoms with Gasteiger partial charge in [0.2, 0.25) is 0 Å². The number of guanidine groups is 1. The Morgan fingerprint density at radius 2 is 2.08 bits per heavy atom. The van der Waals surface area contributed by atoms with Crippen LogP contribution < -0.4 is 10.6 Å². The predicted molar refractivity (Wildman–Crippen MR) is 116 cm³/mol. The predicted octanol–water partition coefficient (Wildman–Crippen LogP) is 2.54. The fourth-order valence-corrected chi connectivity index (χ4v) is 3.90. The molecular formula is C17H32IN5OS. The lowest BCUT2D eigenvalue weighted by Crippen LogP contribution is -2.48. The maximum absolute atomic E-state index is 5.13. The number of likely N-dealkylation sites (tertiary alicyclic amines) is 1. The molecule has 144 valence electrons. The highest BCUT2D eigenvalue weighted by Crippen LogP contribution is 2.16. The number of methoxy groups -OCH3 is 1. The zero-order valence-electron chi connectivity index (χ0n) is 15.8. The standard InChI is InChI=1S/C17H31N5OS.HI/c1-13-16(24-14(2)20-13)12-19-17(18-3)21-15-6-9-22(10-7-15)8-5-11-23-4;/h15H,5-12H2,1-4H3,(H2,18,19,21);1H.